The van der Waals surface area contributed by atoms with Crippen LogP contribution in [0.2, 0.25) is 0 Å². The number of ether oxygens (including phenoxy) is 1. The monoisotopic (exact) mass is 247 g/mol. The number of aromatic nitrogens is 1. The van der Waals surface area contributed by atoms with E-state index in [9.17, 15) is 4.79 Å². The second kappa shape index (κ2) is 5.35. The third kappa shape index (κ3) is 2.88. The van der Waals surface area contributed by atoms with Gasteiger partial charge in [-0.15, -0.1) is 0 Å². The van der Waals surface area contributed by atoms with Crippen molar-refractivity contribution in [3.63, 3.8) is 0 Å². The number of aryl methyl sites for hydroxylation is 2. The number of rotatable bonds is 4. The average Bonchev–Trinajstić information content (AvgIpc) is 2.96. The van der Waals surface area contributed by atoms with Crippen LogP contribution < -0.4 is 0 Å². The van der Waals surface area contributed by atoms with Gasteiger partial charge in [-0.1, -0.05) is 5.16 Å². The highest BCUT2D eigenvalue weighted by atomic mass is 16.5. The van der Waals surface area contributed by atoms with Gasteiger partial charge in [0.05, 0.1) is 17.5 Å². The van der Waals surface area contributed by atoms with Crippen LogP contribution in [-0.4, -0.2) is 11.1 Å². The lowest BCUT2D eigenvalue weighted by atomic mass is 10.2. The van der Waals surface area contributed by atoms with E-state index in [0.29, 0.717) is 11.5 Å². The number of hydrogen-bond donors (Lipinski definition) is 0. The normalized spacial score (nSPS) is 11.0. The lowest BCUT2D eigenvalue weighted by Crippen LogP contribution is -2.02. The molecular weight excluding hydrogens is 234 g/mol. The van der Waals surface area contributed by atoms with Crippen LogP contribution in [0.25, 0.3) is 6.08 Å². The summed E-state index contributed by atoms with van der Waals surface area (Å²) in [5, 5.41) is 3.78. The summed E-state index contributed by atoms with van der Waals surface area (Å²) in [4.78, 5) is 11.5. The maximum absolute atomic E-state index is 11.5. The fraction of sp³-hybridized carbons (Fsp3) is 0.231. The highest BCUT2D eigenvalue weighted by Gasteiger charge is 2.10. The van der Waals surface area contributed by atoms with Gasteiger partial charge in [0.15, 0.2) is 0 Å². The topological polar surface area (TPSA) is 65.5 Å². The predicted octanol–water partition coefficient (Wildman–Crippen LogP) is 2.64. The van der Waals surface area contributed by atoms with Crippen molar-refractivity contribution in [2.75, 3.05) is 0 Å². The van der Waals surface area contributed by atoms with Crippen LogP contribution >= 0.6 is 0 Å². The Labute approximate surface area is 104 Å². The molecule has 0 aromatic carbocycles. The Hall–Kier alpha value is -2.30. The number of carbonyl (C=O) groups excluding carboxylic acids is 1. The zero-order valence-electron chi connectivity index (χ0n) is 10.2. The molecule has 0 saturated heterocycles. The molecule has 0 saturated carbocycles. The molecule has 0 amide bonds. The van der Waals surface area contributed by atoms with E-state index in [4.69, 9.17) is 13.7 Å². The largest absolute Gasteiger partial charge is 0.465 e. The number of carbonyl (C=O) groups is 1. The zero-order chi connectivity index (χ0) is 13.0. The fourth-order valence-electron chi connectivity index (χ4n) is 1.44. The minimum absolute atomic E-state index is 0.155. The SMILES string of the molecule is Cc1noc(C)c1COC(=O)C=Cc1ccco1. The van der Waals surface area contributed by atoms with E-state index in [1.807, 2.05) is 0 Å². The van der Waals surface area contributed by atoms with Crippen LogP contribution in [-0.2, 0) is 16.1 Å². The van der Waals surface area contributed by atoms with Crippen LogP contribution in [0, 0.1) is 13.8 Å². The Bertz CT molecular complexity index is 532. The first-order chi connectivity index (χ1) is 8.66. The average molecular weight is 247 g/mol. The van der Waals surface area contributed by atoms with Gasteiger partial charge < -0.3 is 13.7 Å². The van der Waals surface area contributed by atoms with Crippen molar-refractivity contribution >= 4 is 12.0 Å². The second-order valence-electron chi connectivity index (χ2n) is 3.76. The van der Waals surface area contributed by atoms with Gasteiger partial charge >= 0.3 is 5.97 Å². The molecule has 2 aromatic rings. The van der Waals surface area contributed by atoms with Gasteiger partial charge in [0.1, 0.15) is 18.1 Å². The maximum Gasteiger partial charge on any atom is 0.331 e. The minimum atomic E-state index is -0.439. The van der Waals surface area contributed by atoms with E-state index in [2.05, 4.69) is 5.16 Å². The summed E-state index contributed by atoms with van der Waals surface area (Å²) in [6.45, 7) is 3.74. The Balaban J connectivity index is 1.89. The third-order valence-electron chi connectivity index (χ3n) is 2.47. The fourth-order valence-corrected chi connectivity index (χ4v) is 1.44. The molecule has 0 atom stereocenters. The van der Waals surface area contributed by atoms with Crippen molar-refractivity contribution < 1.29 is 18.5 Å². The minimum Gasteiger partial charge on any atom is -0.465 e. The molecule has 94 valence electrons. The number of hydrogen-bond acceptors (Lipinski definition) is 5. The highest BCUT2D eigenvalue weighted by molar-refractivity contribution is 5.86. The quantitative estimate of drug-likeness (QED) is 0.613. The number of nitrogens with zero attached hydrogens (tertiary/aromatic N) is 1. The van der Waals surface area contributed by atoms with E-state index >= 15 is 0 Å². The molecule has 0 fully saturated rings. The molecule has 2 heterocycles. The van der Waals surface area contributed by atoms with E-state index in [-0.39, 0.29) is 6.61 Å². The van der Waals surface area contributed by atoms with Crippen molar-refractivity contribution in [3.8, 4) is 0 Å². The Morgan fingerprint density at radius 2 is 2.33 bits per heavy atom. The van der Waals surface area contributed by atoms with Gasteiger partial charge in [-0.25, -0.2) is 4.79 Å². The summed E-state index contributed by atoms with van der Waals surface area (Å²) in [6, 6.07) is 3.49. The maximum atomic E-state index is 11.5. The predicted molar refractivity (Wildman–Crippen MR) is 63.5 cm³/mol. The number of esters is 1. The van der Waals surface area contributed by atoms with Gasteiger partial charge in [-0.05, 0) is 32.1 Å². The van der Waals surface area contributed by atoms with Crippen molar-refractivity contribution in [1.82, 2.24) is 5.16 Å². The van der Waals surface area contributed by atoms with E-state index in [0.717, 1.165) is 11.3 Å². The van der Waals surface area contributed by atoms with Gasteiger partial charge in [0.25, 0.3) is 0 Å². The lowest BCUT2D eigenvalue weighted by molar-refractivity contribution is -0.138. The Kier molecular flexibility index (Phi) is 3.62. The molecule has 0 radical (unpaired) electrons. The molecule has 5 heteroatoms. The molecule has 2 rings (SSSR count). The Morgan fingerprint density at radius 1 is 1.50 bits per heavy atom. The van der Waals surface area contributed by atoms with Crippen LogP contribution in [0.1, 0.15) is 22.8 Å². The first-order valence-corrected chi connectivity index (χ1v) is 5.47. The zero-order valence-corrected chi connectivity index (χ0v) is 10.2. The van der Waals surface area contributed by atoms with Crippen LogP contribution in [0.4, 0.5) is 0 Å². The summed E-state index contributed by atoms with van der Waals surface area (Å²) in [6.07, 6.45) is 4.40. The smallest absolute Gasteiger partial charge is 0.331 e. The molecule has 0 aliphatic heterocycles. The van der Waals surface area contributed by atoms with Crippen molar-refractivity contribution in [2.45, 2.75) is 20.5 Å². The third-order valence-corrected chi connectivity index (χ3v) is 2.47. The molecule has 18 heavy (non-hydrogen) atoms. The molecule has 2 aromatic heterocycles. The van der Waals surface area contributed by atoms with Gasteiger partial charge in [-0.3, -0.25) is 0 Å². The van der Waals surface area contributed by atoms with Gasteiger partial charge in [0, 0.05) is 6.08 Å². The van der Waals surface area contributed by atoms with Gasteiger partial charge in [-0.2, -0.15) is 0 Å². The van der Waals surface area contributed by atoms with Crippen LogP contribution in [0.5, 0.6) is 0 Å². The Morgan fingerprint density at radius 3 is 2.94 bits per heavy atom. The van der Waals surface area contributed by atoms with Crippen LogP contribution in [0.15, 0.2) is 33.4 Å². The molecule has 0 spiro atoms. The highest BCUT2D eigenvalue weighted by Crippen LogP contribution is 2.13. The molecule has 0 unspecified atom stereocenters. The second-order valence-corrected chi connectivity index (χ2v) is 3.76. The van der Waals surface area contributed by atoms with E-state index < -0.39 is 5.97 Å². The molecule has 0 aliphatic carbocycles. The van der Waals surface area contributed by atoms with E-state index in [1.54, 1.807) is 32.1 Å². The summed E-state index contributed by atoms with van der Waals surface area (Å²) < 4.78 is 15.1. The first-order valence-electron chi connectivity index (χ1n) is 5.47. The number of furan rings is 1. The van der Waals surface area contributed by atoms with Crippen LogP contribution in [0.3, 0.4) is 0 Å². The lowest BCUT2D eigenvalue weighted by Gasteiger charge is -2.00. The molecule has 0 N–H and O–H groups in total. The molecule has 0 aliphatic rings. The van der Waals surface area contributed by atoms with Crippen molar-refractivity contribution in [2.24, 2.45) is 0 Å². The van der Waals surface area contributed by atoms with Crippen molar-refractivity contribution in [1.29, 1.82) is 0 Å². The summed E-state index contributed by atoms with van der Waals surface area (Å²) in [7, 11) is 0. The summed E-state index contributed by atoms with van der Waals surface area (Å²) in [5.41, 5.74) is 1.53. The molecular formula is C13H13NO4. The first kappa shape index (κ1) is 12.2. The van der Waals surface area contributed by atoms with Gasteiger partial charge in [0.2, 0.25) is 0 Å². The standard InChI is InChI=1S/C13H13NO4/c1-9-12(10(2)18-14-9)8-17-13(15)6-5-11-4-3-7-16-11/h3-7H,8H2,1-2H3. The van der Waals surface area contributed by atoms with Crippen molar-refractivity contribution in [3.05, 3.63) is 47.2 Å². The summed E-state index contributed by atoms with van der Waals surface area (Å²) >= 11 is 0. The molecule has 0 bridgehead atoms. The molecule has 5 nitrogen and oxygen atoms in total. The van der Waals surface area contributed by atoms with E-state index in [1.165, 1.54) is 12.3 Å². The summed E-state index contributed by atoms with van der Waals surface area (Å²) in [5.74, 6) is 0.825.